The molecule has 142 valence electrons. The average molecular weight is 367 g/mol. The van der Waals surface area contributed by atoms with Gasteiger partial charge in [0.25, 0.3) is 5.91 Å². The first-order chi connectivity index (χ1) is 13.2. The normalized spacial score (nSPS) is 16.8. The third-order valence-corrected chi connectivity index (χ3v) is 4.38. The summed E-state index contributed by atoms with van der Waals surface area (Å²) in [7, 11) is 1.61. The van der Waals surface area contributed by atoms with Crippen LogP contribution in [0.25, 0.3) is 0 Å². The summed E-state index contributed by atoms with van der Waals surface area (Å²) in [6.07, 6.45) is 2.12. The van der Waals surface area contributed by atoms with Gasteiger partial charge in [-0.05, 0) is 44.0 Å². The molecule has 1 aliphatic rings. The third kappa shape index (κ3) is 5.31. The number of nitrogens with zero attached hydrogens (tertiary/aromatic N) is 1. The number of guanidine groups is 1. The molecule has 2 aromatic rings. The molecule has 3 rings (SSSR count). The van der Waals surface area contributed by atoms with Gasteiger partial charge < -0.3 is 14.8 Å². The van der Waals surface area contributed by atoms with Gasteiger partial charge in [-0.15, -0.1) is 0 Å². The van der Waals surface area contributed by atoms with Crippen molar-refractivity contribution in [3.8, 4) is 5.75 Å². The van der Waals surface area contributed by atoms with E-state index in [2.05, 4.69) is 15.6 Å². The second-order valence-corrected chi connectivity index (χ2v) is 6.47. The number of aliphatic imine (C=N–C) groups is 1. The summed E-state index contributed by atoms with van der Waals surface area (Å²) in [5, 5.41) is 6.04. The van der Waals surface area contributed by atoms with Crippen LogP contribution in [0.4, 0.5) is 5.69 Å². The number of benzene rings is 2. The van der Waals surface area contributed by atoms with E-state index in [1.54, 1.807) is 19.2 Å². The maximum absolute atomic E-state index is 12.6. The minimum atomic E-state index is -0.219. The number of carbonyl (C=O) groups excluding carboxylic acids is 1. The van der Waals surface area contributed by atoms with E-state index in [9.17, 15) is 4.79 Å². The molecule has 0 aromatic heterocycles. The molecule has 1 aliphatic heterocycles. The van der Waals surface area contributed by atoms with Crippen molar-refractivity contribution < 1.29 is 14.3 Å². The summed E-state index contributed by atoms with van der Waals surface area (Å²) in [5.74, 6) is 0.830. The first kappa shape index (κ1) is 18.9. The Bertz CT molecular complexity index is 797. The van der Waals surface area contributed by atoms with Gasteiger partial charge in [0.1, 0.15) is 5.75 Å². The number of anilines is 1. The Morgan fingerprint density at radius 3 is 2.70 bits per heavy atom. The maximum atomic E-state index is 12.6. The second-order valence-electron chi connectivity index (χ2n) is 6.47. The molecule has 0 unspecified atom stereocenters. The van der Waals surface area contributed by atoms with Crippen LogP contribution in [-0.2, 0) is 4.74 Å². The van der Waals surface area contributed by atoms with Crippen molar-refractivity contribution in [2.75, 3.05) is 25.6 Å². The molecule has 2 aromatic carbocycles. The lowest BCUT2D eigenvalue weighted by molar-refractivity contribution is 0.0975. The molecule has 1 atom stereocenters. The Labute approximate surface area is 159 Å². The van der Waals surface area contributed by atoms with Crippen LogP contribution in [0.1, 0.15) is 28.8 Å². The second kappa shape index (κ2) is 9.19. The standard InChI is InChI=1S/C21H25N3O3/c1-15-9-11-16(12-10-15)20(25)24-21(22-14-17-6-5-13-27-17)23-18-7-3-4-8-19(18)26-2/h3-4,7-12,17H,5-6,13-14H2,1-2H3,(H2,22,23,24,25)/t17-/m0/s1. The Balaban J connectivity index is 1.77. The average Bonchev–Trinajstić information content (AvgIpc) is 3.20. The van der Waals surface area contributed by atoms with Crippen molar-refractivity contribution in [1.29, 1.82) is 0 Å². The van der Waals surface area contributed by atoms with E-state index in [1.165, 1.54) is 0 Å². The minimum absolute atomic E-state index is 0.0933. The lowest BCUT2D eigenvalue weighted by atomic mass is 10.1. The highest BCUT2D eigenvalue weighted by Crippen LogP contribution is 2.23. The van der Waals surface area contributed by atoms with E-state index in [0.717, 1.165) is 30.7 Å². The number of amides is 1. The summed E-state index contributed by atoms with van der Waals surface area (Å²) < 4.78 is 11.0. The number of ether oxygens (including phenoxy) is 2. The highest BCUT2D eigenvalue weighted by atomic mass is 16.5. The van der Waals surface area contributed by atoms with Gasteiger partial charge >= 0.3 is 0 Å². The van der Waals surface area contributed by atoms with Crippen LogP contribution in [0.3, 0.4) is 0 Å². The van der Waals surface area contributed by atoms with E-state index >= 15 is 0 Å². The van der Waals surface area contributed by atoms with Crippen LogP contribution in [0, 0.1) is 6.92 Å². The number of aryl methyl sites for hydroxylation is 1. The van der Waals surface area contributed by atoms with Gasteiger partial charge in [-0.3, -0.25) is 10.1 Å². The smallest absolute Gasteiger partial charge is 0.257 e. The fourth-order valence-corrected chi connectivity index (χ4v) is 2.85. The summed E-state index contributed by atoms with van der Waals surface area (Å²) in [5.41, 5.74) is 2.41. The van der Waals surface area contributed by atoms with Gasteiger partial charge in [0.2, 0.25) is 5.96 Å². The maximum Gasteiger partial charge on any atom is 0.257 e. The van der Waals surface area contributed by atoms with Crippen LogP contribution in [0.15, 0.2) is 53.5 Å². The number of rotatable bonds is 5. The zero-order valence-corrected chi connectivity index (χ0v) is 15.7. The van der Waals surface area contributed by atoms with E-state index in [4.69, 9.17) is 9.47 Å². The highest BCUT2D eigenvalue weighted by molar-refractivity contribution is 6.10. The van der Waals surface area contributed by atoms with Crippen LogP contribution >= 0.6 is 0 Å². The molecule has 1 heterocycles. The lowest BCUT2D eigenvalue weighted by Gasteiger charge is -2.15. The Morgan fingerprint density at radius 2 is 2.00 bits per heavy atom. The minimum Gasteiger partial charge on any atom is -0.495 e. The topological polar surface area (TPSA) is 71.9 Å². The van der Waals surface area contributed by atoms with Gasteiger partial charge in [-0.2, -0.15) is 0 Å². The molecule has 1 saturated heterocycles. The molecular formula is C21H25N3O3. The molecule has 6 heteroatoms. The summed E-state index contributed by atoms with van der Waals surface area (Å²) in [6.45, 7) is 3.25. The van der Waals surface area contributed by atoms with Crippen molar-refractivity contribution in [2.24, 2.45) is 4.99 Å². The largest absolute Gasteiger partial charge is 0.495 e. The van der Waals surface area contributed by atoms with Crippen molar-refractivity contribution in [1.82, 2.24) is 5.32 Å². The number of hydrogen-bond acceptors (Lipinski definition) is 4. The predicted molar refractivity (Wildman–Crippen MR) is 107 cm³/mol. The quantitative estimate of drug-likeness (QED) is 0.628. The van der Waals surface area contributed by atoms with Crippen molar-refractivity contribution >= 4 is 17.6 Å². The molecule has 2 N–H and O–H groups in total. The number of para-hydroxylation sites is 2. The zero-order chi connectivity index (χ0) is 19.1. The van der Waals surface area contributed by atoms with Crippen molar-refractivity contribution in [3.05, 3.63) is 59.7 Å². The summed E-state index contributed by atoms with van der Waals surface area (Å²) in [6, 6.07) is 14.9. The molecule has 27 heavy (non-hydrogen) atoms. The Hall–Kier alpha value is -2.86. The summed E-state index contributed by atoms with van der Waals surface area (Å²) in [4.78, 5) is 17.2. The van der Waals surface area contributed by atoms with Gasteiger partial charge in [0.05, 0.1) is 25.4 Å². The van der Waals surface area contributed by atoms with Gasteiger partial charge in [0, 0.05) is 12.2 Å². The molecule has 1 amide bonds. The van der Waals surface area contributed by atoms with Gasteiger partial charge in [-0.25, -0.2) is 4.99 Å². The van der Waals surface area contributed by atoms with Crippen LogP contribution in [0.2, 0.25) is 0 Å². The predicted octanol–water partition coefficient (Wildman–Crippen LogP) is 3.38. The number of methoxy groups -OCH3 is 1. The Kier molecular flexibility index (Phi) is 6.44. The highest BCUT2D eigenvalue weighted by Gasteiger charge is 2.16. The van der Waals surface area contributed by atoms with E-state index < -0.39 is 0 Å². The van der Waals surface area contributed by atoms with E-state index in [0.29, 0.717) is 23.8 Å². The molecule has 0 bridgehead atoms. The van der Waals surface area contributed by atoms with Crippen molar-refractivity contribution in [3.63, 3.8) is 0 Å². The Morgan fingerprint density at radius 1 is 1.22 bits per heavy atom. The zero-order valence-electron chi connectivity index (χ0n) is 15.7. The lowest BCUT2D eigenvalue weighted by Crippen LogP contribution is -2.36. The number of carbonyl (C=O) groups is 1. The molecule has 0 radical (unpaired) electrons. The van der Waals surface area contributed by atoms with Gasteiger partial charge in [0.15, 0.2) is 0 Å². The molecule has 0 aliphatic carbocycles. The number of nitrogens with one attached hydrogen (secondary N) is 2. The molecular weight excluding hydrogens is 342 g/mol. The SMILES string of the molecule is COc1ccccc1NC(=NC[C@@H]1CCCO1)NC(=O)c1ccc(C)cc1. The van der Waals surface area contributed by atoms with E-state index in [1.807, 2.05) is 43.3 Å². The number of hydrogen-bond donors (Lipinski definition) is 2. The van der Waals surface area contributed by atoms with Gasteiger partial charge in [-0.1, -0.05) is 29.8 Å². The molecule has 6 nitrogen and oxygen atoms in total. The molecule has 0 saturated carbocycles. The van der Waals surface area contributed by atoms with E-state index in [-0.39, 0.29) is 12.0 Å². The van der Waals surface area contributed by atoms with Crippen molar-refractivity contribution in [2.45, 2.75) is 25.9 Å². The van der Waals surface area contributed by atoms with Crippen LogP contribution in [-0.4, -0.2) is 38.2 Å². The van der Waals surface area contributed by atoms with Crippen LogP contribution < -0.4 is 15.4 Å². The summed E-state index contributed by atoms with van der Waals surface area (Å²) >= 11 is 0. The molecule has 1 fully saturated rings. The monoisotopic (exact) mass is 367 g/mol. The molecule has 0 spiro atoms. The first-order valence-corrected chi connectivity index (χ1v) is 9.10. The van der Waals surface area contributed by atoms with Crippen LogP contribution in [0.5, 0.6) is 5.75 Å². The fourth-order valence-electron chi connectivity index (χ4n) is 2.85. The third-order valence-electron chi connectivity index (χ3n) is 4.38. The fraction of sp³-hybridized carbons (Fsp3) is 0.333. The first-order valence-electron chi connectivity index (χ1n) is 9.10.